The van der Waals surface area contributed by atoms with Crippen LogP contribution in [0.1, 0.15) is 31.0 Å². The molecular formula is C18H25N5O3. The number of carbonyl (C=O) groups is 1. The van der Waals surface area contributed by atoms with Crippen LogP contribution in [0.25, 0.3) is 11.0 Å². The summed E-state index contributed by atoms with van der Waals surface area (Å²) in [6.45, 7) is 1.05. The number of likely N-dealkylation sites (tertiary alicyclic amines) is 1. The molecule has 0 bridgehead atoms. The van der Waals surface area contributed by atoms with Crippen molar-refractivity contribution < 1.29 is 4.79 Å². The molecule has 8 nitrogen and oxygen atoms in total. The Hall–Kier alpha value is -2.48. The fourth-order valence-corrected chi connectivity index (χ4v) is 3.55. The predicted octanol–water partition coefficient (Wildman–Crippen LogP) is 0.247. The van der Waals surface area contributed by atoms with Gasteiger partial charge >= 0.3 is 5.69 Å². The third-order valence-corrected chi connectivity index (χ3v) is 4.94. The molecule has 8 heteroatoms. The number of aryl methyl sites for hydroxylation is 1. The van der Waals surface area contributed by atoms with E-state index in [0.29, 0.717) is 24.1 Å². The fraction of sp³-hybridized carbons (Fsp3) is 0.556. The second-order valence-electron chi connectivity index (χ2n) is 7.15. The summed E-state index contributed by atoms with van der Waals surface area (Å²) >= 11 is 0. The van der Waals surface area contributed by atoms with Crippen molar-refractivity contribution in [2.24, 2.45) is 14.1 Å². The Morgan fingerprint density at radius 2 is 1.92 bits per heavy atom. The van der Waals surface area contributed by atoms with Gasteiger partial charge in [0, 0.05) is 20.6 Å². The van der Waals surface area contributed by atoms with Gasteiger partial charge in [-0.2, -0.15) is 0 Å². The van der Waals surface area contributed by atoms with Crippen LogP contribution >= 0.6 is 0 Å². The zero-order chi connectivity index (χ0) is 19.0. The number of nitrogens with zero attached hydrogens (tertiary/aromatic N) is 5. The van der Waals surface area contributed by atoms with Crippen molar-refractivity contribution in [3.05, 3.63) is 38.7 Å². The highest BCUT2D eigenvalue weighted by Crippen LogP contribution is 2.30. The van der Waals surface area contributed by atoms with Crippen molar-refractivity contribution in [1.29, 1.82) is 0 Å². The first kappa shape index (κ1) is 18.3. The minimum absolute atomic E-state index is 0.0689. The van der Waals surface area contributed by atoms with E-state index in [0.717, 1.165) is 29.5 Å². The Morgan fingerprint density at radius 3 is 2.62 bits per heavy atom. The summed E-state index contributed by atoms with van der Waals surface area (Å²) < 4.78 is 2.46. The van der Waals surface area contributed by atoms with E-state index in [9.17, 15) is 14.4 Å². The Labute approximate surface area is 151 Å². The number of aromatic nitrogens is 3. The molecule has 1 aliphatic rings. The molecule has 0 unspecified atom stereocenters. The lowest BCUT2D eigenvalue weighted by Gasteiger charge is -2.36. The molecule has 0 aliphatic carbocycles. The van der Waals surface area contributed by atoms with Crippen molar-refractivity contribution in [3.8, 4) is 0 Å². The highest BCUT2D eigenvalue weighted by Gasteiger charge is 2.29. The van der Waals surface area contributed by atoms with Gasteiger partial charge in [-0.15, -0.1) is 0 Å². The smallest absolute Gasteiger partial charge is 0.332 e. The van der Waals surface area contributed by atoms with Crippen LogP contribution in [0.5, 0.6) is 0 Å². The standard InChI is InChI=1S/C18H25N5O3/c1-20(2)11-15(24)23-10-6-5-7-14(23)13-9-8-12-16(19-13)21(3)18(26)22(4)17(12)25/h8-9,14H,5-7,10-11H2,1-4H3/t14-/m0/s1. The van der Waals surface area contributed by atoms with Crippen LogP contribution in [0.3, 0.4) is 0 Å². The molecule has 0 spiro atoms. The Kier molecular flexibility index (Phi) is 4.95. The summed E-state index contributed by atoms with van der Waals surface area (Å²) in [5, 5.41) is 0.403. The number of pyridine rings is 1. The van der Waals surface area contributed by atoms with Gasteiger partial charge in [0.1, 0.15) is 5.65 Å². The maximum Gasteiger partial charge on any atom is 0.332 e. The van der Waals surface area contributed by atoms with E-state index in [1.807, 2.05) is 23.9 Å². The van der Waals surface area contributed by atoms with Gasteiger partial charge in [-0.05, 0) is 45.5 Å². The molecule has 2 aromatic rings. The minimum Gasteiger partial charge on any atom is -0.333 e. The van der Waals surface area contributed by atoms with Gasteiger partial charge in [0.2, 0.25) is 5.91 Å². The monoisotopic (exact) mass is 359 g/mol. The number of likely N-dealkylation sites (N-methyl/N-ethyl adjacent to an activating group) is 1. The van der Waals surface area contributed by atoms with E-state index >= 15 is 0 Å². The molecule has 26 heavy (non-hydrogen) atoms. The molecule has 1 saturated heterocycles. The van der Waals surface area contributed by atoms with Crippen molar-refractivity contribution in [2.45, 2.75) is 25.3 Å². The van der Waals surface area contributed by atoms with Gasteiger partial charge in [0.05, 0.1) is 23.7 Å². The van der Waals surface area contributed by atoms with Gasteiger partial charge in [0.25, 0.3) is 5.56 Å². The maximum absolute atomic E-state index is 12.6. The van der Waals surface area contributed by atoms with Gasteiger partial charge in [-0.1, -0.05) is 0 Å². The summed E-state index contributed by atoms with van der Waals surface area (Å²) in [4.78, 5) is 45.5. The Morgan fingerprint density at radius 1 is 1.19 bits per heavy atom. The lowest BCUT2D eigenvalue weighted by Crippen LogP contribution is -2.43. The molecular weight excluding hydrogens is 334 g/mol. The van der Waals surface area contributed by atoms with E-state index in [-0.39, 0.29) is 17.5 Å². The molecule has 1 atom stereocenters. The largest absolute Gasteiger partial charge is 0.333 e. The second-order valence-corrected chi connectivity index (χ2v) is 7.15. The number of piperidine rings is 1. The average Bonchev–Trinajstić information content (AvgIpc) is 2.63. The molecule has 1 fully saturated rings. The first-order chi connectivity index (χ1) is 12.3. The van der Waals surface area contributed by atoms with Gasteiger partial charge < -0.3 is 9.80 Å². The summed E-state index contributed by atoms with van der Waals surface area (Å²) in [6, 6.07) is 3.39. The highest BCUT2D eigenvalue weighted by atomic mass is 16.2. The predicted molar refractivity (Wildman–Crippen MR) is 99.1 cm³/mol. The third-order valence-electron chi connectivity index (χ3n) is 4.94. The summed E-state index contributed by atoms with van der Waals surface area (Å²) in [5.41, 5.74) is 0.330. The molecule has 0 N–H and O–H groups in total. The number of hydrogen-bond acceptors (Lipinski definition) is 5. The summed E-state index contributed by atoms with van der Waals surface area (Å²) in [7, 11) is 6.81. The summed E-state index contributed by atoms with van der Waals surface area (Å²) in [5.74, 6) is 0.0689. The maximum atomic E-state index is 12.6. The lowest BCUT2D eigenvalue weighted by molar-refractivity contribution is -0.135. The topological polar surface area (TPSA) is 80.4 Å². The van der Waals surface area contributed by atoms with E-state index in [4.69, 9.17) is 0 Å². The highest BCUT2D eigenvalue weighted by molar-refractivity contribution is 5.79. The van der Waals surface area contributed by atoms with E-state index in [2.05, 4.69) is 4.98 Å². The molecule has 3 heterocycles. The van der Waals surface area contributed by atoms with Crippen LogP contribution in [0.2, 0.25) is 0 Å². The molecule has 0 saturated carbocycles. The second kappa shape index (κ2) is 7.03. The zero-order valence-electron chi connectivity index (χ0n) is 15.7. The molecule has 140 valence electrons. The van der Waals surface area contributed by atoms with E-state index in [1.165, 1.54) is 11.6 Å². The molecule has 3 rings (SSSR count). The Bertz CT molecular complexity index is 960. The number of fused-ring (bicyclic) bond motifs is 1. The molecule has 0 aromatic carbocycles. The van der Waals surface area contributed by atoms with Crippen LogP contribution < -0.4 is 11.2 Å². The van der Waals surface area contributed by atoms with Crippen LogP contribution in [0.4, 0.5) is 0 Å². The molecule has 1 amide bonds. The minimum atomic E-state index is -0.406. The number of amides is 1. The van der Waals surface area contributed by atoms with Crippen LogP contribution in [0, 0.1) is 0 Å². The zero-order valence-corrected chi connectivity index (χ0v) is 15.7. The van der Waals surface area contributed by atoms with Gasteiger partial charge in [0.15, 0.2) is 0 Å². The normalized spacial score (nSPS) is 17.9. The fourth-order valence-electron chi connectivity index (χ4n) is 3.55. The average molecular weight is 359 g/mol. The Balaban J connectivity index is 2.07. The van der Waals surface area contributed by atoms with E-state index < -0.39 is 5.69 Å². The molecule has 1 aliphatic heterocycles. The lowest BCUT2D eigenvalue weighted by atomic mass is 9.98. The SMILES string of the molecule is CN(C)CC(=O)N1CCCC[C@H]1c1ccc2c(=O)n(C)c(=O)n(C)c2n1. The van der Waals surface area contributed by atoms with Crippen molar-refractivity contribution in [1.82, 2.24) is 23.9 Å². The van der Waals surface area contributed by atoms with Crippen LogP contribution in [-0.2, 0) is 18.9 Å². The van der Waals surface area contributed by atoms with Crippen LogP contribution in [-0.4, -0.2) is 57.0 Å². The van der Waals surface area contributed by atoms with Gasteiger partial charge in [-0.3, -0.25) is 18.7 Å². The first-order valence-electron chi connectivity index (χ1n) is 8.82. The third kappa shape index (κ3) is 3.16. The number of rotatable bonds is 3. The van der Waals surface area contributed by atoms with E-state index in [1.54, 1.807) is 19.2 Å². The summed E-state index contributed by atoms with van der Waals surface area (Å²) in [6.07, 6.45) is 2.82. The van der Waals surface area contributed by atoms with Crippen molar-refractivity contribution in [2.75, 3.05) is 27.2 Å². The quantitative estimate of drug-likeness (QED) is 0.785. The van der Waals surface area contributed by atoms with Crippen molar-refractivity contribution >= 4 is 16.9 Å². The molecule has 2 aromatic heterocycles. The first-order valence-corrected chi connectivity index (χ1v) is 8.82. The number of hydrogen-bond donors (Lipinski definition) is 0. The molecule has 0 radical (unpaired) electrons. The van der Waals surface area contributed by atoms with Crippen LogP contribution in [0.15, 0.2) is 21.7 Å². The number of carbonyl (C=O) groups excluding carboxylic acids is 1. The van der Waals surface area contributed by atoms with Crippen molar-refractivity contribution in [3.63, 3.8) is 0 Å². The van der Waals surface area contributed by atoms with Gasteiger partial charge in [-0.25, -0.2) is 9.78 Å².